The molecule has 17 heavy (non-hydrogen) atoms. The first-order valence-electron chi connectivity index (χ1n) is 5.16. The van der Waals surface area contributed by atoms with Crippen LogP contribution in [-0.2, 0) is 5.75 Å². The highest BCUT2D eigenvalue weighted by molar-refractivity contribution is 9.10. The standard InChI is InChI=1S/C14H10BrNS/c15-13-7-4-8-14(12(13)9-16)17-10-11-5-2-1-3-6-11/h1-8H,10H2. The van der Waals surface area contributed by atoms with E-state index in [4.69, 9.17) is 5.26 Å². The number of thioether (sulfide) groups is 1. The summed E-state index contributed by atoms with van der Waals surface area (Å²) in [6, 6.07) is 18.3. The van der Waals surface area contributed by atoms with Gasteiger partial charge >= 0.3 is 0 Å². The van der Waals surface area contributed by atoms with Crippen LogP contribution >= 0.6 is 27.7 Å². The summed E-state index contributed by atoms with van der Waals surface area (Å²) in [6.07, 6.45) is 0. The van der Waals surface area contributed by atoms with E-state index >= 15 is 0 Å². The minimum Gasteiger partial charge on any atom is -0.192 e. The van der Waals surface area contributed by atoms with Gasteiger partial charge in [0, 0.05) is 15.1 Å². The number of nitrogens with zero attached hydrogens (tertiary/aromatic N) is 1. The van der Waals surface area contributed by atoms with E-state index in [1.54, 1.807) is 11.8 Å². The minimum atomic E-state index is 0.716. The largest absolute Gasteiger partial charge is 0.192 e. The van der Waals surface area contributed by atoms with E-state index in [1.165, 1.54) is 5.56 Å². The number of benzene rings is 2. The van der Waals surface area contributed by atoms with Gasteiger partial charge in [-0.2, -0.15) is 5.26 Å². The van der Waals surface area contributed by atoms with Crippen LogP contribution in [0, 0.1) is 11.3 Å². The quantitative estimate of drug-likeness (QED) is 0.773. The third-order valence-corrected chi connectivity index (χ3v) is 4.11. The van der Waals surface area contributed by atoms with Crippen LogP contribution in [0.15, 0.2) is 57.9 Å². The molecule has 0 unspecified atom stereocenters. The van der Waals surface area contributed by atoms with Crippen LogP contribution in [0.2, 0.25) is 0 Å². The molecule has 0 N–H and O–H groups in total. The van der Waals surface area contributed by atoms with Crippen LogP contribution in [0.1, 0.15) is 11.1 Å². The zero-order valence-corrected chi connectivity index (χ0v) is 11.5. The zero-order valence-electron chi connectivity index (χ0n) is 9.06. The molecule has 0 atom stereocenters. The van der Waals surface area contributed by atoms with Crippen LogP contribution < -0.4 is 0 Å². The van der Waals surface area contributed by atoms with E-state index in [-0.39, 0.29) is 0 Å². The van der Waals surface area contributed by atoms with Crippen LogP contribution in [0.25, 0.3) is 0 Å². The van der Waals surface area contributed by atoms with Crippen molar-refractivity contribution in [2.45, 2.75) is 10.6 Å². The average molecular weight is 304 g/mol. The summed E-state index contributed by atoms with van der Waals surface area (Å²) in [5, 5.41) is 9.10. The monoisotopic (exact) mass is 303 g/mol. The van der Waals surface area contributed by atoms with Gasteiger partial charge in [-0.3, -0.25) is 0 Å². The lowest BCUT2D eigenvalue weighted by molar-refractivity contribution is 1.32. The Bertz CT molecular complexity index is 546. The summed E-state index contributed by atoms with van der Waals surface area (Å²) in [6.45, 7) is 0. The van der Waals surface area contributed by atoms with Crippen molar-refractivity contribution in [3.8, 4) is 6.07 Å². The third-order valence-electron chi connectivity index (χ3n) is 2.32. The zero-order chi connectivity index (χ0) is 12.1. The summed E-state index contributed by atoms with van der Waals surface area (Å²) < 4.78 is 0.859. The topological polar surface area (TPSA) is 23.8 Å². The summed E-state index contributed by atoms with van der Waals surface area (Å²) in [4.78, 5) is 1.02. The second kappa shape index (κ2) is 5.90. The molecule has 0 fully saturated rings. The van der Waals surface area contributed by atoms with Crippen molar-refractivity contribution < 1.29 is 0 Å². The first kappa shape index (κ1) is 12.2. The van der Waals surface area contributed by atoms with Crippen LogP contribution in [-0.4, -0.2) is 0 Å². The average Bonchev–Trinajstić information content (AvgIpc) is 2.37. The maximum absolute atomic E-state index is 9.10. The number of halogens is 1. The fourth-order valence-corrected chi connectivity index (χ4v) is 3.04. The molecule has 0 bridgehead atoms. The van der Waals surface area contributed by atoms with Gasteiger partial charge < -0.3 is 0 Å². The van der Waals surface area contributed by atoms with Gasteiger partial charge in [0.15, 0.2) is 0 Å². The van der Waals surface area contributed by atoms with Crippen molar-refractivity contribution in [2.75, 3.05) is 0 Å². The number of hydrogen-bond donors (Lipinski definition) is 0. The molecule has 2 rings (SSSR count). The van der Waals surface area contributed by atoms with E-state index < -0.39 is 0 Å². The Kier molecular flexibility index (Phi) is 4.24. The fourth-order valence-electron chi connectivity index (χ4n) is 1.47. The smallest absolute Gasteiger partial charge is 0.101 e. The van der Waals surface area contributed by atoms with Crippen LogP contribution in [0.3, 0.4) is 0 Å². The van der Waals surface area contributed by atoms with Gasteiger partial charge in [0.1, 0.15) is 6.07 Å². The Balaban J connectivity index is 2.15. The Labute approximate surface area is 114 Å². The summed E-state index contributed by atoms with van der Waals surface area (Å²) in [7, 11) is 0. The van der Waals surface area contributed by atoms with Crippen molar-refractivity contribution in [2.24, 2.45) is 0 Å². The van der Waals surface area contributed by atoms with E-state index in [9.17, 15) is 0 Å². The molecule has 1 nitrogen and oxygen atoms in total. The normalized spacial score (nSPS) is 9.88. The number of rotatable bonds is 3. The van der Waals surface area contributed by atoms with E-state index in [0.29, 0.717) is 5.56 Å². The molecular weight excluding hydrogens is 294 g/mol. The van der Waals surface area contributed by atoms with Crippen LogP contribution in [0.4, 0.5) is 0 Å². The highest BCUT2D eigenvalue weighted by atomic mass is 79.9. The predicted octanol–water partition coefficient (Wildman–Crippen LogP) is 4.61. The van der Waals surface area contributed by atoms with Gasteiger partial charge in [0.05, 0.1) is 5.56 Å². The molecule has 2 aromatic rings. The molecule has 3 heteroatoms. The maximum atomic E-state index is 9.10. The molecular formula is C14H10BrNS. The van der Waals surface area contributed by atoms with Crippen molar-refractivity contribution >= 4 is 27.7 Å². The molecule has 0 saturated carbocycles. The summed E-state index contributed by atoms with van der Waals surface area (Å²) in [5.74, 6) is 0.881. The lowest BCUT2D eigenvalue weighted by Gasteiger charge is -2.05. The fraction of sp³-hybridized carbons (Fsp3) is 0.0714. The van der Waals surface area contributed by atoms with Gasteiger partial charge in [-0.15, -0.1) is 11.8 Å². The Hall–Kier alpha value is -1.24. The lowest BCUT2D eigenvalue weighted by Crippen LogP contribution is -1.85. The predicted molar refractivity (Wildman–Crippen MR) is 74.9 cm³/mol. The lowest BCUT2D eigenvalue weighted by atomic mass is 10.2. The van der Waals surface area contributed by atoms with Crippen molar-refractivity contribution in [3.63, 3.8) is 0 Å². The van der Waals surface area contributed by atoms with Gasteiger partial charge in [0.2, 0.25) is 0 Å². The molecule has 0 aliphatic rings. The third kappa shape index (κ3) is 3.12. The first-order valence-corrected chi connectivity index (χ1v) is 6.94. The molecule has 0 saturated heterocycles. The highest BCUT2D eigenvalue weighted by Crippen LogP contribution is 2.30. The molecule has 0 heterocycles. The molecule has 0 aromatic heterocycles. The van der Waals surface area contributed by atoms with Gasteiger partial charge in [-0.05, 0) is 33.6 Å². The minimum absolute atomic E-state index is 0.716. The summed E-state index contributed by atoms with van der Waals surface area (Å²) in [5.41, 5.74) is 1.98. The first-order chi connectivity index (χ1) is 8.31. The Morgan fingerprint density at radius 1 is 1.06 bits per heavy atom. The van der Waals surface area contributed by atoms with Crippen molar-refractivity contribution in [3.05, 3.63) is 64.1 Å². The molecule has 0 radical (unpaired) electrons. The van der Waals surface area contributed by atoms with Crippen molar-refractivity contribution in [1.82, 2.24) is 0 Å². The summed E-state index contributed by atoms with van der Waals surface area (Å²) >= 11 is 5.08. The van der Waals surface area contributed by atoms with Crippen molar-refractivity contribution in [1.29, 1.82) is 5.26 Å². The molecule has 2 aromatic carbocycles. The number of nitriles is 1. The van der Waals surface area contributed by atoms with Crippen LogP contribution in [0.5, 0.6) is 0 Å². The second-order valence-corrected chi connectivity index (χ2v) is 5.37. The molecule has 0 spiro atoms. The van der Waals surface area contributed by atoms with E-state index in [2.05, 4.69) is 34.1 Å². The Morgan fingerprint density at radius 3 is 2.53 bits per heavy atom. The maximum Gasteiger partial charge on any atom is 0.101 e. The van der Waals surface area contributed by atoms with E-state index in [1.807, 2.05) is 36.4 Å². The molecule has 0 amide bonds. The highest BCUT2D eigenvalue weighted by Gasteiger charge is 2.06. The molecule has 84 valence electrons. The Morgan fingerprint density at radius 2 is 1.82 bits per heavy atom. The van der Waals surface area contributed by atoms with Gasteiger partial charge in [-0.1, -0.05) is 36.4 Å². The molecule has 0 aliphatic carbocycles. The number of hydrogen-bond acceptors (Lipinski definition) is 2. The van der Waals surface area contributed by atoms with Gasteiger partial charge in [0.25, 0.3) is 0 Å². The second-order valence-electron chi connectivity index (χ2n) is 3.50. The molecule has 0 aliphatic heterocycles. The van der Waals surface area contributed by atoms with Gasteiger partial charge in [-0.25, -0.2) is 0 Å². The SMILES string of the molecule is N#Cc1c(Br)cccc1SCc1ccccc1. The van der Waals surface area contributed by atoms with E-state index in [0.717, 1.165) is 15.1 Å².